The Balaban J connectivity index is 2.38. The van der Waals surface area contributed by atoms with Crippen molar-refractivity contribution < 1.29 is 4.79 Å². The Hall–Kier alpha value is -0.860. The van der Waals surface area contributed by atoms with Crippen LogP contribution >= 0.6 is 31.9 Å². The zero-order valence-corrected chi connectivity index (χ0v) is 14.0. The number of hydrogen-bond donors (Lipinski definition) is 0. The Labute approximate surface area is 129 Å². The van der Waals surface area contributed by atoms with Gasteiger partial charge in [0.2, 0.25) is 0 Å². The minimum absolute atomic E-state index is 0.0894. The molecule has 0 bridgehead atoms. The second-order valence-corrected chi connectivity index (χ2v) is 6.97. The summed E-state index contributed by atoms with van der Waals surface area (Å²) in [5.74, 6) is -0.0894. The van der Waals surface area contributed by atoms with Gasteiger partial charge < -0.3 is 4.90 Å². The predicted octanol–water partition coefficient (Wildman–Crippen LogP) is 4.12. The van der Waals surface area contributed by atoms with Gasteiger partial charge in [0.05, 0.1) is 11.6 Å². The zero-order chi connectivity index (χ0) is 14.2. The third-order valence-electron chi connectivity index (χ3n) is 3.17. The van der Waals surface area contributed by atoms with Crippen molar-refractivity contribution >= 4 is 37.8 Å². The molecule has 5 heteroatoms. The van der Waals surface area contributed by atoms with Crippen molar-refractivity contribution in [2.24, 2.45) is 0 Å². The molecule has 3 nitrogen and oxygen atoms in total. The molecule has 1 aliphatic carbocycles. The maximum absolute atomic E-state index is 12.7. The smallest absolute Gasteiger partial charge is 0.256 e. The lowest BCUT2D eigenvalue weighted by Crippen LogP contribution is -2.48. The van der Waals surface area contributed by atoms with Crippen molar-refractivity contribution in [3.63, 3.8) is 0 Å². The summed E-state index contributed by atoms with van der Waals surface area (Å²) in [5.41, 5.74) is -0.191. The largest absolute Gasteiger partial charge is 0.317 e. The van der Waals surface area contributed by atoms with Crippen LogP contribution in [0.15, 0.2) is 27.1 Å². The number of benzene rings is 1. The zero-order valence-electron chi connectivity index (χ0n) is 10.8. The minimum Gasteiger partial charge on any atom is -0.317 e. The summed E-state index contributed by atoms with van der Waals surface area (Å²) in [6, 6.07) is 7.87. The number of nitrogens with zero attached hydrogens (tertiary/aromatic N) is 2. The van der Waals surface area contributed by atoms with E-state index in [1.165, 1.54) is 0 Å². The lowest BCUT2D eigenvalue weighted by atomic mass is 10.0. The average Bonchev–Trinajstić information content (AvgIpc) is 3.13. The van der Waals surface area contributed by atoms with Gasteiger partial charge in [0.25, 0.3) is 5.91 Å². The molecule has 0 aromatic heterocycles. The van der Waals surface area contributed by atoms with Gasteiger partial charge in [-0.15, -0.1) is 0 Å². The summed E-state index contributed by atoms with van der Waals surface area (Å²) in [6.07, 6.45) is 1.95. The van der Waals surface area contributed by atoms with E-state index in [9.17, 15) is 10.1 Å². The maximum Gasteiger partial charge on any atom is 0.256 e. The number of halogens is 2. The topological polar surface area (TPSA) is 44.1 Å². The Morgan fingerprint density at radius 1 is 1.42 bits per heavy atom. The summed E-state index contributed by atoms with van der Waals surface area (Å²) < 4.78 is 1.65. The molecule has 0 heterocycles. The molecule has 1 aliphatic rings. The highest BCUT2D eigenvalue weighted by Gasteiger charge is 2.42. The van der Waals surface area contributed by atoms with E-state index in [4.69, 9.17) is 0 Å². The molecule has 0 spiro atoms. The number of carbonyl (C=O) groups is 1. The third kappa shape index (κ3) is 3.01. The molecule has 100 valence electrons. The van der Waals surface area contributed by atoms with Gasteiger partial charge >= 0.3 is 0 Å². The molecule has 1 amide bonds. The van der Waals surface area contributed by atoms with Gasteiger partial charge in [-0.3, -0.25) is 4.79 Å². The summed E-state index contributed by atoms with van der Waals surface area (Å²) in [7, 11) is 0. The molecule has 0 aliphatic heterocycles. The number of carbonyl (C=O) groups excluding carboxylic acids is 1. The van der Waals surface area contributed by atoms with Gasteiger partial charge in [0.1, 0.15) is 5.54 Å². The van der Waals surface area contributed by atoms with Crippen molar-refractivity contribution in [1.29, 1.82) is 5.26 Å². The van der Waals surface area contributed by atoms with Gasteiger partial charge in [-0.2, -0.15) is 5.26 Å². The molecule has 19 heavy (non-hydrogen) atoms. The molecule has 1 aromatic carbocycles. The highest BCUT2D eigenvalue weighted by molar-refractivity contribution is 9.11. The highest BCUT2D eigenvalue weighted by atomic mass is 79.9. The quantitative estimate of drug-likeness (QED) is 0.785. The van der Waals surface area contributed by atoms with Crippen LogP contribution in [0.2, 0.25) is 0 Å². The second kappa shape index (κ2) is 5.26. The standard InChI is InChI=1S/C14H14Br2N2O/c1-14(2,8-17)18(10-4-5-10)13(19)11-6-3-9(15)7-12(11)16/h3,6-7,10H,4-5H2,1-2H3. The summed E-state index contributed by atoms with van der Waals surface area (Å²) in [4.78, 5) is 14.4. The van der Waals surface area contributed by atoms with E-state index in [0.717, 1.165) is 21.8 Å². The molecule has 1 aromatic rings. The van der Waals surface area contributed by atoms with E-state index in [1.807, 2.05) is 12.1 Å². The first-order valence-corrected chi connectivity index (χ1v) is 7.65. The van der Waals surface area contributed by atoms with Crippen LogP contribution in [0, 0.1) is 11.3 Å². The fourth-order valence-corrected chi connectivity index (χ4v) is 3.27. The van der Waals surface area contributed by atoms with Gasteiger partial charge in [0, 0.05) is 15.0 Å². The van der Waals surface area contributed by atoms with Crippen LogP contribution in [0.4, 0.5) is 0 Å². The van der Waals surface area contributed by atoms with Crippen LogP contribution in [0.3, 0.4) is 0 Å². The fourth-order valence-electron chi connectivity index (χ4n) is 2.06. The Bertz CT molecular complexity index is 559. The van der Waals surface area contributed by atoms with Crippen molar-refractivity contribution in [2.45, 2.75) is 38.3 Å². The number of hydrogen-bond acceptors (Lipinski definition) is 2. The molecule has 1 saturated carbocycles. The van der Waals surface area contributed by atoms with E-state index in [1.54, 1.807) is 24.8 Å². The number of amides is 1. The highest BCUT2D eigenvalue weighted by Crippen LogP contribution is 2.35. The van der Waals surface area contributed by atoms with E-state index in [-0.39, 0.29) is 11.9 Å². The van der Waals surface area contributed by atoms with E-state index < -0.39 is 5.54 Å². The van der Waals surface area contributed by atoms with Gasteiger partial charge in [-0.1, -0.05) is 15.9 Å². The molecular weight excluding hydrogens is 372 g/mol. The number of rotatable bonds is 3. The molecule has 0 radical (unpaired) electrons. The van der Waals surface area contributed by atoms with Crippen molar-refractivity contribution in [3.05, 3.63) is 32.7 Å². The SMILES string of the molecule is CC(C)(C#N)N(C(=O)c1ccc(Br)cc1Br)C1CC1. The van der Waals surface area contributed by atoms with Crippen LogP contribution in [-0.4, -0.2) is 22.4 Å². The Morgan fingerprint density at radius 3 is 2.53 bits per heavy atom. The molecule has 0 unspecified atom stereocenters. The van der Waals surface area contributed by atoms with Gasteiger partial charge in [0.15, 0.2) is 0 Å². The fraction of sp³-hybridized carbons (Fsp3) is 0.429. The monoisotopic (exact) mass is 384 g/mol. The summed E-state index contributed by atoms with van der Waals surface area (Å²) in [6.45, 7) is 3.58. The molecular formula is C14H14Br2N2O. The number of nitriles is 1. The van der Waals surface area contributed by atoms with Crippen LogP contribution in [0.25, 0.3) is 0 Å². The maximum atomic E-state index is 12.7. The van der Waals surface area contributed by atoms with E-state index >= 15 is 0 Å². The van der Waals surface area contributed by atoms with Gasteiger partial charge in [-0.25, -0.2) is 0 Å². The minimum atomic E-state index is -0.787. The predicted molar refractivity (Wildman–Crippen MR) is 80.7 cm³/mol. The Morgan fingerprint density at radius 2 is 2.05 bits per heavy atom. The average molecular weight is 386 g/mol. The first-order valence-electron chi connectivity index (χ1n) is 6.07. The van der Waals surface area contributed by atoms with Crippen molar-refractivity contribution in [3.8, 4) is 6.07 Å². The normalized spacial score (nSPS) is 14.9. The molecule has 0 atom stereocenters. The Kier molecular flexibility index (Phi) is 4.03. The van der Waals surface area contributed by atoms with Gasteiger partial charge in [-0.05, 0) is 60.8 Å². The first-order chi connectivity index (χ1) is 8.86. The molecule has 0 N–H and O–H groups in total. The summed E-state index contributed by atoms with van der Waals surface area (Å²) in [5, 5.41) is 9.29. The molecule has 1 fully saturated rings. The van der Waals surface area contributed by atoms with Crippen molar-refractivity contribution in [2.75, 3.05) is 0 Å². The van der Waals surface area contributed by atoms with Crippen molar-refractivity contribution in [1.82, 2.24) is 4.90 Å². The second-order valence-electron chi connectivity index (χ2n) is 5.20. The first kappa shape index (κ1) is 14.5. The van der Waals surface area contributed by atoms with Crippen LogP contribution in [-0.2, 0) is 0 Å². The van der Waals surface area contributed by atoms with E-state index in [0.29, 0.717) is 5.56 Å². The lowest BCUT2D eigenvalue weighted by Gasteiger charge is -2.33. The van der Waals surface area contributed by atoms with Crippen LogP contribution in [0.1, 0.15) is 37.0 Å². The molecule has 2 rings (SSSR count). The van der Waals surface area contributed by atoms with Crippen LogP contribution < -0.4 is 0 Å². The van der Waals surface area contributed by atoms with E-state index in [2.05, 4.69) is 37.9 Å². The molecule has 0 saturated heterocycles. The summed E-state index contributed by atoms with van der Waals surface area (Å²) >= 11 is 6.78. The lowest BCUT2D eigenvalue weighted by molar-refractivity contribution is 0.0614. The third-order valence-corrected chi connectivity index (χ3v) is 4.32. The van der Waals surface area contributed by atoms with Crippen LogP contribution in [0.5, 0.6) is 0 Å².